The predicted octanol–water partition coefficient (Wildman–Crippen LogP) is 3.05. The summed E-state index contributed by atoms with van der Waals surface area (Å²) in [6.07, 6.45) is 7.92. The van der Waals surface area contributed by atoms with Crippen LogP contribution in [0.15, 0.2) is 48.8 Å². The minimum absolute atomic E-state index is 0.0900. The summed E-state index contributed by atoms with van der Waals surface area (Å²) in [6, 6.07) is 11.7. The van der Waals surface area contributed by atoms with Gasteiger partial charge in [-0.15, -0.1) is 0 Å². The maximum Gasteiger partial charge on any atom is 0.230 e. The van der Waals surface area contributed by atoms with Crippen LogP contribution in [-0.2, 0) is 16.6 Å². The zero-order valence-corrected chi connectivity index (χ0v) is 16.5. The van der Waals surface area contributed by atoms with Gasteiger partial charge in [-0.25, -0.2) is 4.98 Å². The van der Waals surface area contributed by atoms with Crippen molar-refractivity contribution in [3.05, 3.63) is 60.2 Å². The van der Waals surface area contributed by atoms with Crippen LogP contribution in [0.25, 0.3) is 11.4 Å². The Morgan fingerprint density at radius 2 is 2.00 bits per heavy atom. The SMILES string of the molecule is COc1ccc(C2(C(=O)NCCc3nc(-c4cccnc4)n[nH]3)CCCC2)cc1. The average Bonchev–Trinajstić information content (AvgIpc) is 3.45. The maximum atomic E-state index is 13.1. The van der Waals surface area contributed by atoms with Crippen LogP contribution in [0.2, 0.25) is 0 Å². The largest absolute Gasteiger partial charge is 0.497 e. The van der Waals surface area contributed by atoms with Crippen molar-refractivity contribution in [3.8, 4) is 17.1 Å². The quantitative estimate of drug-likeness (QED) is 0.646. The van der Waals surface area contributed by atoms with Crippen LogP contribution < -0.4 is 10.1 Å². The number of amides is 1. The van der Waals surface area contributed by atoms with Crippen molar-refractivity contribution in [2.45, 2.75) is 37.5 Å². The number of hydrogen-bond acceptors (Lipinski definition) is 5. The second-order valence-electron chi connectivity index (χ2n) is 7.37. The van der Waals surface area contributed by atoms with Crippen molar-refractivity contribution in [3.63, 3.8) is 0 Å². The number of ether oxygens (including phenoxy) is 1. The molecule has 2 aromatic heterocycles. The number of carbonyl (C=O) groups excluding carboxylic acids is 1. The van der Waals surface area contributed by atoms with Crippen LogP contribution in [0.1, 0.15) is 37.1 Å². The predicted molar refractivity (Wildman–Crippen MR) is 109 cm³/mol. The summed E-state index contributed by atoms with van der Waals surface area (Å²) in [5, 5.41) is 10.3. The highest BCUT2D eigenvalue weighted by atomic mass is 16.5. The molecule has 1 aromatic carbocycles. The molecule has 150 valence electrons. The second kappa shape index (κ2) is 8.43. The molecule has 1 amide bonds. The summed E-state index contributed by atoms with van der Waals surface area (Å²) in [5.74, 6) is 2.25. The van der Waals surface area contributed by atoms with Crippen LogP contribution >= 0.6 is 0 Å². The van der Waals surface area contributed by atoms with Gasteiger partial charge in [0.05, 0.1) is 12.5 Å². The number of carbonyl (C=O) groups is 1. The second-order valence-corrected chi connectivity index (χ2v) is 7.37. The van der Waals surface area contributed by atoms with Gasteiger partial charge in [0, 0.05) is 30.9 Å². The molecular weight excluding hydrogens is 366 g/mol. The third-order valence-corrected chi connectivity index (χ3v) is 5.63. The minimum Gasteiger partial charge on any atom is -0.497 e. The van der Waals surface area contributed by atoms with Gasteiger partial charge in [-0.3, -0.25) is 14.9 Å². The van der Waals surface area contributed by atoms with Gasteiger partial charge in [0.25, 0.3) is 0 Å². The normalized spacial score (nSPS) is 15.2. The molecular formula is C22H25N5O2. The summed E-state index contributed by atoms with van der Waals surface area (Å²) < 4.78 is 5.25. The van der Waals surface area contributed by atoms with Crippen LogP contribution in [-0.4, -0.2) is 39.7 Å². The summed E-state index contributed by atoms with van der Waals surface area (Å²) >= 11 is 0. The molecule has 0 spiro atoms. The Bertz CT molecular complexity index is 947. The molecule has 1 aliphatic carbocycles. The Morgan fingerprint density at radius 3 is 2.69 bits per heavy atom. The van der Waals surface area contributed by atoms with Crippen molar-refractivity contribution in [2.24, 2.45) is 0 Å². The van der Waals surface area contributed by atoms with Crippen molar-refractivity contribution >= 4 is 5.91 Å². The van der Waals surface area contributed by atoms with Gasteiger partial charge in [-0.05, 0) is 42.7 Å². The number of aromatic nitrogens is 4. The molecule has 7 nitrogen and oxygen atoms in total. The lowest BCUT2D eigenvalue weighted by molar-refractivity contribution is -0.126. The molecule has 1 aliphatic rings. The first-order valence-corrected chi connectivity index (χ1v) is 9.96. The van der Waals surface area contributed by atoms with E-state index in [9.17, 15) is 4.79 Å². The summed E-state index contributed by atoms with van der Waals surface area (Å²) in [5.41, 5.74) is 1.48. The molecule has 0 saturated heterocycles. The van der Waals surface area contributed by atoms with Crippen LogP contribution in [0.5, 0.6) is 5.75 Å². The molecule has 0 unspecified atom stereocenters. The zero-order chi connectivity index (χ0) is 20.1. The molecule has 3 aromatic rings. The van der Waals surface area contributed by atoms with E-state index in [2.05, 4.69) is 25.5 Å². The average molecular weight is 391 g/mol. The molecule has 2 heterocycles. The van der Waals surface area contributed by atoms with E-state index in [-0.39, 0.29) is 5.91 Å². The molecule has 0 bridgehead atoms. The van der Waals surface area contributed by atoms with Crippen molar-refractivity contribution in [1.29, 1.82) is 0 Å². The van der Waals surface area contributed by atoms with Gasteiger partial charge in [-0.2, -0.15) is 5.10 Å². The maximum absolute atomic E-state index is 13.1. The Kier molecular flexibility index (Phi) is 5.55. The number of benzene rings is 1. The number of H-pyrrole nitrogens is 1. The first-order chi connectivity index (χ1) is 14.2. The first kappa shape index (κ1) is 19.1. The van der Waals surface area contributed by atoms with Gasteiger partial charge in [0.1, 0.15) is 11.6 Å². The Hall–Kier alpha value is -3.22. The molecule has 1 saturated carbocycles. The first-order valence-electron chi connectivity index (χ1n) is 9.96. The molecule has 4 rings (SSSR count). The number of hydrogen-bond donors (Lipinski definition) is 2. The number of nitrogens with zero attached hydrogens (tertiary/aromatic N) is 3. The Morgan fingerprint density at radius 1 is 1.21 bits per heavy atom. The molecule has 7 heteroatoms. The van der Waals surface area contributed by atoms with Crippen LogP contribution in [0.3, 0.4) is 0 Å². The number of rotatable bonds is 7. The molecule has 1 fully saturated rings. The van der Waals surface area contributed by atoms with Crippen LogP contribution in [0.4, 0.5) is 0 Å². The lowest BCUT2D eigenvalue weighted by atomic mass is 9.78. The number of pyridine rings is 1. The third kappa shape index (κ3) is 3.99. The smallest absolute Gasteiger partial charge is 0.230 e. The molecule has 0 radical (unpaired) electrons. The third-order valence-electron chi connectivity index (χ3n) is 5.63. The summed E-state index contributed by atoms with van der Waals surface area (Å²) in [6.45, 7) is 0.512. The van der Waals surface area contributed by atoms with Gasteiger partial charge in [0.15, 0.2) is 5.82 Å². The van der Waals surface area contributed by atoms with E-state index in [1.165, 1.54) is 0 Å². The zero-order valence-electron chi connectivity index (χ0n) is 16.5. The number of aromatic amines is 1. The lowest BCUT2D eigenvalue weighted by Crippen LogP contribution is -2.43. The number of nitrogens with one attached hydrogen (secondary N) is 2. The fourth-order valence-electron chi connectivity index (χ4n) is 4.03. The van der Waals surface area contributed by atoms with E-state index in [0.717, 1.165) is 48.4 Å². The topological polar surface area (TPSA) is 92.8 Å². The Balaban J connectivity index is 1.39. The van der Waals surface area contributed by atoms with Crippen molar-refractivity contribution in [2.75, 3.05) is 13.7 Å². The fraction of sp³-hybridized carbons (Fsp3) is 0.364. The van der Waals surface area contributed by atoms with E-state index in [1.807, 2.05) is 36.4 Å². The highest BCUT2D eigenvalue weighted by molar-refractivity contribution is 5.88. The van der Waals surface area contributed by atoms with E-state index in [4.69, 9.17) is 4.74 Å². The Labute approximate surface area is 169 Å². The molecule has 0 atom stereocenters. The molecule has 29 heavy (non-hydrogen) atoms. The van der Waals surface area contributed by atoms with Gasteiger partial charge in [0.2, 0.25) is 5.91 Å². The van der Waals surface area contributed by atoms with Crippen molar-refractivity contribution < 1.29 is 9.53 Å². The van der Waals surface area contributed by atoms with Crippen molar-refractivity contribution in [1.82, 2.24) is 25.5 Å². The molecule has 0 aliphatic heterocycles. The van der Waals surface area contributed by atoms with Gasteiger partial charge < -0.3 is 10.1 Å². The van der Waals surface area contributed by atoms with E-state index in [0.29, 0.717) is 18.8 Å². The summed E-state index contributed by atoms with van der Waals surface area (Å²) in [7, 11) is 1.65. The van der Waals surface area contributed by atoms with E-state index < -0.39 is 5.41 Å². The van der Waals surface area contributed by atoms with E-state index >= 15 is 0 Å². The van der Waals surface area contributed by atoms with Gasteiger partial charge in [-0.1, -0.05) is 25.0 Å². The minimum atomic E-state index is -0.450. The highest BCUT2D eigenvalue weighted by Gasteiger charge is 2.42. The summed E-state index contributed by atoms with van der Waals surface area (Å²) in [4.78, 5) is 21.7. The lowest BCUT2D eigenvalue weighted by Gasteiger charge is -2.28. The molecule has 2 N–H and O–H groups in total. The highest BCUT2D eigenvalue weighted by Crippen LogP contribution is 2.41. The monoisotopic (exact) mass is 391 g/mol. The van der Waals surface area contributed by atoms with Gasteiger partial charge >= 0.3 is 0 Å². The van der Waals surface area contributed by atoms with Crippen LogP contribution in [0, 0.1) is 0 Å². The standard InChI is InChI=1S/C22H25N5O2/c1-29-18-8-6-17(7-9-18)22(11-2-3-12-22)21(28)24-14-10-19-25-20(27-26-19)16-5-4-13-23-15-16/h4-9,13,15H,2-3,10-12,14H2,1H3,(H,24,28)(H,25,26,27). The fourth-order valence-corrected chi connectivity index (χ4v) is 4.03. The number of methoxy groups -OCH3 is 1. The van der Waals surface area contributed by atoms with E-state index in [1.54, 1.807) is 19.5 Å².